The molecule has 1 rings (SSSR count). The van der Waals surface area contributed by atoms with E-state index in [1.165, 1.54) is 13.8 Å². The third kappa shape index (κ3) is 5.51. The molecule has 1 aromatic heterocycles. The van der Waals surface area contributed by atoms with E-state index in [9.17, 15) is 24.6 Å². The van der Waals surface area contributed by atoms with Crippen LogP contribution >= 0.6 is 0 Å². The van der Waals surface area contributed by atoms with Crippen molar-refractivity contribution in [3.63, 3.8) is 0 Å². The molecule has 0 spiro atoms. The Bertz CT molecular complexity index is 638. The molecule has 1 aromatic rings. The van der Waals surface area contributed by atoms with Crippen LogP contribution in [0.1, 0.15) is 13.8 Å². The molecule has 0 aliphatic rings. The van der Waals surface area contributed by atoms with Gasteiger partial charge in [-0.25, -0.2) is 4.79 Å². The van der Waals surface area contributed by atoms with Crippen LogP contribution in [0.4, 0.5) is 0 Å². The number of Topliss-reactive ketones (excluding diaryl/α,β-unsaturated/α-hetero) is 1. The highest BCUT2D eigenvalue weighted by Gasteiger charge is 2.24. The Balaban J connectivity index is 2.88. The number of ether oxygens (including phenoxy) is 2. The predicted molar refractivity (Wildman–Crippen MR) is 77.6 cm³/mol. The Kier molecular flexibility index (Phi) is 6.94. The molecule has 0 radical (unpaired) electrons. The predicted octanol–water partition coefficient (Wildman–Crippen LogP) is -2.24. The number of carbonyl (C=O) groups excluding carboxylic acids is 1. The topological polar surface area (TPSA) is 162 Å². The van der Waals surface area contributed by atoms with Gasteiger partial charge in [0.1, 0.15) is 19.3 Å². The molecule has 3 atom stereocenters. The molecule has 5 N–H and O–H groups in total. The number of aromatic amines is 2. The summed E-state index contributed by atoms with van der Waals surface area (Å²) < 4.78 is 10.1. The van der Waals surface area contributed by atoms with Gasteiger partial charge in [-0.15, -0.1) is 0 Å². The first-order valence-corrected chi connectivity index (χ1v) is 6.84. The summed E-state index contributed by atoms with van der Waals surface area (Å²) in [7, 11) is 0. The maximum atomic E-state index is 11.7. The third-order valence-electron chi connectivity index (χ3n) is 2.95. The molecule has 23 heavy (non-hydrogen) atoms. The standard InChI is InChI=1S/C13H20N2O8/c1-6(3-16)9(19)8(18)5-23-12-10(22-4-7(2)17)11(20)14-13(21)15-12/h6,8-9,16,18-19H,3-5H2,1-2H3,(H2,14,15,20,21)/t6-,8+,9-/m1/s1. The van der Waals surface area contributed by atoms with Crippen molar-refractivity contribution in [2.75, 3.05) is 19.8 Å². The van der Waals surface area contributed by atoms with Gasteiger partial charge in [-0.1, -0.05) is 6.92 Å². The second-order valence-corrected chi connectivity index (χ2v) is 5.09. The third-order valence-corrected chi connectivity index (χ3v) is 2.95. The molecule has 0 bridgehead atoms. The van der Waals surface area contributed by atoms with Crippen molar-refractivity contribution >= 4 is 5.78 Å². The summed E-state index contributed by atoms with van der Waals surface area (Å²) in [4.78, 5) is 37.9. The van der Waals surface area contributed by atoms with Gasteiger partial charge >= 0.3 is 5.69 Å². The number of ketones is 1. The van der Waals surface area contributed by atoms with Gasteiger partial charge in [0, 0.05) is 12.5 Å². The fraction of sp³-hybridized carbons (Fsp3) is 0.615. The minimum absolute atomic E-state index is 0.340. The van der Waals surface area contributed by atoms with Gasteiger partial charge in [0.05, 0.1) is 6.10 Å². The number of hydrogen-bond donors (Lipinski definition) is 5. The highest BCUT2D eigenvalue weighted by molar-refractivity contribution is 5.77. The van der Waals surface area contributed by atoms with Crippen LogP contribution < -0.4 is 20.7 Å². The highest BCUT2D eigenvalue weighted by Crippen LogP contribution is 2.18. The highest BCUT2D eigenvalue weighted by atomic mass is 16.5. The average molecular weight is 332 g/mol. The molecule has 0 aromatic carbocycles. The van der Waals surface area contributed by atoms with Crippen molar-refractivity contribution in [1.82, 2.24) is 9.97 Å². The molecule has 0 unspecified atom stereocenters. The molecule has 130 valence electrons. The van der Waals surface area contributed by atoms with E-state index in [1.54, 1.807) is 0 Å². The zero-order chi connectivity index (χ0) is 17.6. The lowest BCUT2D eigenvalue weighted by Crippen LogP contribution is -2.38. The number of aliphatic hydroxyl groups excluding tert-OH is 3. The SMILES string of the molecule is CC(=O)COc1c(OC[C@H](O)[C@H](O)[C@H](C)CO)[nH]c(=O)[nH]c1=O. The van der Waals surface area contributed by atoms with Crippen molar-refractivity contribution in [1.29, 1.82) is 0 Å². The lowest BCUT2D eigenvalue weighted by atomic mass is 10.0. The van der Waals surface area contributed by atoms with Crippen LogP contribution in [0.25, 0.3) is 0 Å². The fourth-order valence-electron chi connectivity index (χ4n) is 1.62. The lowest BCUT2D eigenvalue weighted by molar-refractivity contribution is -0.118. The summed E-state index contributed by atoms with van der Waals surface area (Å²) in [5, 5.41) is 28.4. The largest absolute Gasteiger partial charge is 0.476 e. The minimum atomic E-state index is -1.37. The van der Waals surface area contributed by atoms with Gasteiger partial charge in [-0.2, -0.15) is 0 Å². The number of carbonyl (C=O) groups is 1. The number of aliphatic hydroxyl groups is 3. The normalized spacial score (nSPS) is 14.8. The first-order valence-electron chi connectivity index (χ1n) is 6.84. The summed E-state index contributed by atoms with van der Waals surface area (Å²) in [5.74, 6) is -1.74. The van der Waals surface area contributed by atoms with Crippen LogP contribution in [-0.2, 0) is 4.79 Å². The summed E-state index contributed by atoms with van der Waals surface area (Å²) in [5.41, 5.74) is -1.76. The Morgan fingerprint density at radius 3 is 2.43 bits per heavy atom. The van der Waals surface area contributed by atoms with Crippen LogP contribution in [0.2, 0.25) is 0 Å². The monoisotopic (exact) mass is 332 g/mol. The quantitative estimate of drug-likeness (QED) is 0.339. The van der Waals surface area contributed by atoms with Crippen molar-refractivity contribution < 1.29 is 29.6 Å². The van der Waals surface area contributed by atoms with Gasteiger partial charge in [-0.3, -0.25) is 19.6 Å². The molecule has 10 heteroatoms. The molecule has 0 aliphatic heterocycles. The van der Waals surface area contributed by atoms with E-state index < -0.39 is 48.3 Å². The van der Waals surface area contributed by atoms with Crippen LogP contribution in [0, 0.1) is 5.92 Å². The van der Waals surface area contributed by atoms with Gasteiger partial charge in [0.25, 0.3) is 5.56 Å². The van der Waals surface area contributed by atoms with Gasteiger partial charge in [-0.05, 0) is 6.92 Å². The van der Waals surface area contributed by atoms with Gasteiger partial charge < -0.3 is 24.8 Å². The van der Waals surface area contributed by atoms with Crippen LogP contribution in [0.5, 0.6) is 11.6 Å². The summed E-state index contributed by atoms with van der Waals surface area (Å²) >= 11 is 0. The molecule has 0 amide bonds. The average Bonchev–Trinajstić information content (AvgIpc) is 2.49. The number of H-pyrrole nitrogens is 2. The minimum Gasteiger partial charge on any atom is -0.476 e. The molecule has 0 aliphatic carbocycles. The number of rotatable bonds is 9. The van der Waals surface area contributed by atoms with Crippen molar-refractivity contribution in [3.8, 4) is 11.6 Å². The van der Waals surface area contributed by atoms with E-state index in [0.717, 1.165) is 0 Å². The molecule has 0 saturated heterocycles. The van der Waals surface area contributed by atoms with Gasteiger partial charge in [0.15, 0.2) is 5.78 Å². The van der Waals surface area contributed by atoms with Crippen LogP contribution in [-0.4, -0.2) is 63.1 Å². The van der Waals surface area contributed by atoms with E-state index in [4.69, 9.17) is 14.6 Å². The fourth-order valence-corrected chi connectivity index (χ4v) is 1.62. The zero-order valence-corrected chi connectivity index (χ0v) is 12.7. The molecule has 0 saturated carbocycles. The Hall–Kier alpha value is -2.17. The zero-order valence-electron chi connectivity index (χ0n) is 12.7. The van der Waals surface area contributed by atoms with Crippen molar-refractivity contribution in [3.05, 3.63) is 20.8 Å². The van der Waals surface area contributed by atoms with E-state index in [1.807, 2.05) is 4.98 Å². The van der Waals surface area contributed by atoms with Crippen LogP contribution in [0.15, 0.2) is 9.59 Å². The first-order chi connectivity index (χ1) is 10.8. The molecule has 1 heterocycles. The molecular formula is C13H20N2O8. The summed E-state index contributed by atoms with van der Waals surface area (Å²) in [6, 6.07) is 0. The van der Waals surface area contributed by atoms with E-state index in [-0.39, 0.29) is 18.3 Å². The Morgan fingerprint density at radius 2 is 1.87 bits per heavy atom. The number of hydrogen-bond acceptors (Lipinski definition) is 8. The summed E-state index contributed by atoms with van der Waals surface area (Å²) in [6.07, 6.45) is -2.64. The van der Waals surface area contributed by atoms with Gasteiger partial charge in [0.2, 0.25) is 11.6 Å². The van der Waals surface area contributed by atoms with Crippen molar-refractivity contribution in [2.45, 2.75) is 26.1 Å². The second kappa shape index (κ2) is 8.46. The number of nitrogens with one attached hydrogen (secondary N) is 2. The van der Waals surface area contributed by atoms with E-state index in [0.29, 0.717) is 0 Å². The maximum Gasteiger partial charge on any atom is 0.328 e. The Labute approximate surface area is 130 Å². The number of aromatic nitrogens is 2. The lowest BCUT2D eigenvalue weighted by Gasteiger charge is -2.22. The van der Waals surface area contributed by atoms with Crippen molar-refractivity contribution in [2.24, 2.45) is 5.92 Å². The second-order valence-electron chi connectivity index (χ2n) is 5.09. The van der Waals surface area contributed by atoms with E-state index in [2.05, 4.69) is 4.98 Å². The van der Waals surface area contributed by atoms with Crippen LogP contribution in [0.3, 0.4) is 0 Å². The first kappa shape index (κ1) is 18.9. The van der Waals surface area contributed by atoms with E-state index >= 15 is 0 Å². The summed E-state index contributed by atoms with van der Waals surface area (Å²) in [6.45, 7) is 1.55. The maximum absolute atomic E-state index is 11.7. The molecule has 0 fully saturated rings. The Morgan fingerprint density at radius 1 is 1.22 bits per heavy atom. The molecular weight excluding hydrogens is 312 g/mol. The molecule has 10 nitrogen and oxygen atoms in total. The smallest absolute Gasteiger partial charge is 0.328 e.